The minimum atomic E-state index is -0.0231. The maximum absolute atomic E-state index is 12.0. The van der Waals surface area contributed by atoms with Crippen LogP contribution in [0.2, 0.25) is 0 Å². The standard InChI is InChI=1S/C13H21N3O/c1-9(2)7-8-14-13(17)12-10-5-3-4-6-11(10)15-16-12/h9H,3-8H2,1-2H3,(H,14,17)(H,15,16). The monoisotopic (exact) mass is 235 g/mol. The number of hydrogen-bond donors (Lipinski definition) is 2. The fourth-order valence-electron chi connectivity index (χ4n) is 2.23. The van der Waals surface area contributed by atoms with E-state index in [9.17, 15) is 4.79 Å². The second-order valence-electron chi connectivity index (χ2n) is 5.17. The van der Waals surface area contributed by atoms with Crippen molar-refractivity contribution in [1.29, 1.82) is 0 Å². The molecular weight excluding hydrogens is 214 g/mol. The van der Waals surface area contributed by atoms with E-state index in [-0.39, 0.29) is 5.91 Å². The van der Waals surface area contributed by atoms with E-state index in [0.29, 0.717) is 11.6 Å². The van der Waals surface area contributed by atoms with Gasteiger partial charge in [-0.05, 0) is 38.0 Å². The summed E-state index contributed by atoms with van der Waals surface area (Å²) in [6.07, 6.45) is 5.39. The van der Waals surface area contributed by atoms with Crippen LogP contribution in [-0.2, 0) is 12.8 Å². The van der Waals surface area contributed by atoms with Crippen LogP contribution in [-0.4, -0.2) is 22.6 Å². The molecule has 0 atom stereocenters. The summed E-state index contributed by atoms with van der Waals surface area (Å²) in [5, 5.41) is 10.1. The molecule has 1 amide bonds. The molecule has 4 nitrogen and oxygen atoms in total. The van der Waals surface area contributed by atoms with Crippen molar-refractivity contribution in [3.8, 4) is 0 Å². The van der Waals surface area contributed by atoms with E-state index in [4.69, 9.17) is 0 Å². The number of nitrogens with zero attached hydrogens (tertiary/aromatic N) is 1. The summed E-state index contributed by atoms with van der Waals surface area (Å²) < 4.78 is 0. The fourth-order valence-corrected chi connectivity index (χ4v) is 2.23. The lowest BCUT2D eigenvalue weighted by Crippen LogP contribution is -2.26. The van der Waals surface area contributed by atoms with Crippen LogP contribution in [0.1, 0.15) is 54.9 Å². The Morgan fingerprint density at radius 3 is 2.94 bits per heavy atom. The van der Waals surface area contributed by atoms with Crippen LogP contribution in [0.25, 0.3) is 0 Å². The van der Waals surface area contributed by atoms with Gasteiger partial charge in [0.15, 0.2) is 5.69 Å². The molecule has 0 radical (unpaired) electrons. The van der Waals surface area contributed by atoms with Gasteiger partial charge in [0.05, 0.1) is 0 Å². The van der Waals surface area contributed by atoms with Crippen LogP contribution in [0.15, 0.2) is 0 Å². The Morgan fingerprint density at radius 1 is 1.41 bits per heavy atom. The number of fused-ring (bicyclic) bond motifs is 1. The molecule has 0 unspecified atom stereocenters. The van der Waals surface area contributed by atoms with Crippen molar-refractivity contribution >= 4 is 5.91 Å². The highest BCUT2D eigenvalue weighted by Crippen LogP contribution is 2.21. The molecule has 2 N–H and O–H groups in total. The molecule has 1 aromatic rings. The van der Waals surface area contributed by atoms with E-state index < -0.39 is 0 Å². The molecule has 1 aromatic heterocycles. The van der Waals surface area contributed by atoms with Gasteiger partial charge in [-0.1, -0.05) is 13.8 Å². The fraction of sp³-hybridized carbons (Fsp3) is 0.692. The lowest BCUT2D eigenvalue weighted by atomic mass is 9.96. The third-order valence-corrected chi connectivity index (χ3v) is 3.28. The van der Waals surface area contributed by atoms with Crippen LogP contribution >= 0.6 is 0 Å². The predicted molar refractivity (Wildman–Crippen MR) is 67.0 cm³/mol. The summed E-state index contributed by atoms with van der Waals surface area (Å²) in [4.78, 5) is 12.0. The quantitative estimate of drug-likeness (QED) is 0.839. The molecule has 2 rings (SSSR count). The highest BCUT2D eigenvalue weighted by Gasteiger charge is 2.21. The second-order valence-corrected chi connectivity index (χ2v) is 5.17. The van der Waals surface area contributed by atoms with E-state index in [2.05, 4.69) is 29.4 Å². The summed E-state index contributed by atoms with van der Waals surface area (Å²) in [5.74, 6) is 0.591. The summed E-state index contributed by atoms with van der Waals surface area (Å²) in [6, 6.07) is 0. The van der Waals surface area contributed by atoms with E-state index in [0.717, 1.165) is 37.1 Å². The van der Waals surface area contributed by atoms with Gasteiger partial charge in [0, 0.05) is 17.8 Å². The van der Waals surface area contributed by atoms with Crippen molar-refractivity contribution in [2.24, 2.45) is 5.92 Å². The molecule has 4 heteroatoms. The van der Waals surface area contributed by atoms with E-state index >= 15 is 0 Å². The van der Waals surface area contributed by atoms with Gasteiger partial charge in [0.1, 0.15) is 0 Å². The molecule has 17 heavy (non-hydrogen) atoms. The number of amides is 1. The molecule has 1 aliphatic rings. The summed E-state index contributed by atoms with van der Waals surface area (Å²) in [5.41, 5.74) is 2.91. The number of H-pyrrole nitrogens is 1. The van der Waals surface area contributed by atoms with E-state index in [1.54, 1.807) is 0 Å². The number of rotatable bonds is 4. The molecule has 0 saturated heterocycles. The first kappa shape index (κ1) is 12.1. The number of carbonyl (C=O) groups is 1. The first-order valence-corrected chi connectivity index (χ1v) is 6.52. The first-order chi connectivity index (χ1) is 8.18. The first-order valence-electron chi connectivity index (χ1n) is 6.52. The van der Waals surface area contributed by atoms with Gasteiger partial charge in [-0.2, -0.15) is 5.10 Å². The topological polar surface area (TPSA) is 57.8 Å². The second kappa shape index (κ2) is 5.34. The zero-order chi connectivity index (χ0) is 12.3. The molecule has 1 heterocycles. The summed E-state index contributed by atoms with van der Waals surface area (Å²) >= 11 is 0. The van der Waals surface area contributed by atoms with Gasteiger partial charge in [-0.15, -0.1) is 0 Å². The SMILES string of the molecule is CC(C)CCNC(=O)c1n[nH]c2c1CCCC2. The Kier molecular flexibility index (Phi) is 3.82. The Morgan fingerprint density at radius 2 is 2.18 bits per heavy atom. The Balaban J connectivity index is 1.97. The van der Waals surface area contributed by atoms with Gasteiger partial charge in [0.2, 0.25) is 0 Å². The van der Waals surface area contributed by atoms with Crippen LogP contribution in [0.3, 0.4) is 0 Å². The average Bonchev–Trinajstić information content (AvgIpc) is 2.72. The maximum atomic E-state index is 12.0. The Bertz CT molecular complexity index is 395. The smallest absolute Gasteiger partial charge is 0.272 e. The van der Waals surface area contributed by atoms with Crippen molar-refractivity contribution in [1.82, 2.24) is 15.5 Å². The van der Waals surface area contributed by atoms with Gasteiger partial charge in [-0.3, -0.25) is 9.89 Å². The molecule has 1 aliphatic carbocycles. The average molecular weight is 235 g/mol. The highest BCUT2D eigenvalue weighted by atomic mass is 16.1. The number of aromatic amines is 1. The van der Waals surface area contributed by atoms with Gasteiger partial charge < -0.3 is 5.32 Å². The minimum absolute atomic E-state index is 0.0231. The molecule has 0 aliphatic heterocycles. The molecule has 0 bridgehead atoms. The van der Waals surface area contributed by atoms with Crippen LogP contribution in [0.4, 0.5) is 0 Å². The minimum Gasteiger partial charge on any atom is -0.351 e. The summed E-state index contributed by atoms with van der Waals surface area (Å²) in [6.45, 7) is 5.04. The molecule has 0 aromatic carbocycles. The van der Waals surface area contributed by atoms with Crippen LogP contribution < -0.4 is 5.32 Å². The highest BCUT2D eigenvalue weighted by molar-refractivity contribution is 5.94. The van der Waals surface area contributed by atoms with E-state index in [1.807, 2.05) is 0 Å². The third kappa shape index (κ3) is 2.87. The molecule has 0 saturated carbocycles. The zero-order valence-corrected chi connectivity index (χ0v) is 10.7. The number of aryl methyl sites for hydroxylation is 1. The van der Waals surface area contributed by atoms with E-state index in [1.165, 1.54) is 12.8 Å². The lowest BCUT2D eigenvalue weighted by molar-refractivity contribution is 0.0946. The Labute approximate surface area is 102 Å². The molecular formula is C13H21N3O. The summed E-state index contributed by atoms with van der Waals surface area (Å²) in [7, 11) is 0. The van der Waals surface area contributed by atoms with Gasteiger partial charge >= 0.3 is 0 Å². The lowest BCUT2D eigenvalue weighted by Gasteiger charge is -2.11. The van der Waals surface area contributed by atoms with Gasteiger partial charge in [-0.25, -0.2) is 0 Å². The van der Waals surface area contributed by atoms with Gasteiger partial charge in [0.25, 0.3) is 5.91 Å². The van der Waals surface area contributed by atoms with Crippen LogP contribution in [0.5, 0.6) is 0 Å². The van der Waals surface area contributed by atoms with Crippen molar-refractivity contribution in [2.75, 3.05) is 6.54 Å². The molecule has 0 spiro atoms. The Hall–Kier alpha value is -1.32. The van der Waals surface area contributed by atoms with Crippen molar-refractivity contribution in [3.63, 3.8) is 0 Å². The zero-order valence-electron chi connectivity index (χ0n) is 10.7. The number of aromatic nitrogens is 2. The van der Waals surface area contributed by atoms with Crippen molar-refractivity contribution in [2.45, 2.75) is 46.0 Å². The largest absolute Gasteiger partial charge is 0.351 e. The predicted octanol–water partition coefficient (Wildman–Crippen LogP) is 2.06. The normalized spacial score (nSPS) is 14.8. The number of hydrogen-bond acceptors (Lipinski definition) is 2. The molecule has 94 valence electrons. The van der Waals surface area contributed by atoms with Crippen molar-refractivity contribution < 1.29 is 4.79 Å². The molecule has 0 fully saturated rings. The van der Waals surface area contributed by atoms with Crippen molar-refractivity contribution in [3.05, 3.63) is 17.0 Å². The number of carbonyl (C=O) groups excluding carboxylic acids is 1. The van der Waals surface area contributed by atoms with Crippen LogP contribution in [0, 0.1) is 5.92 Å². The number of nitrogens with one attached hydrogen (secondary N) is 2. The maximum Gasteiger partial charge on any atom is 0.272 e. The third-order valence-electron chi connectivity index (χ3n) is 3.28.